The van der Waals surface area contributed by atoms with E-state index in [9.17, 15) is 4.79 Å². The van der Waals surface area contributed by atoms with Gasteiger partial charge in [0, 0.05) is 24.7 Å². The van der Waals surface area contributed by atoms with Gasteiger partial charge in [-0.3, -0.25) is 9.78 Å². The minimum Gasteiger partial charge on any atom is -0.337 e. The highest BCUT2D eigenvalue weighted by Gasteiger charge is 2.22. The number of carbonyl (C=O) groups is 1. The quantitative estimate of drug-likeness (QED) is 0.783. The zero-order valence-electron chi connectivity index (χ0n) is 14.7. The standard InChI is InChI=1S/C20H21N5O/c1-14-9-12-25(13-10-14)20(26)17-7-8-18(24-23-17)22-16-6-2-4-15-5-3-11-21-19(15)16/h2-8,11,14H,9-10,12-13H2,1H3,(H,22,24). The smallest absolute Gasteiger partial charge is 0.274 e. The zero-order chi connectivity index (χ0) is 17.9. The highest BCUT2D eigenvalue weighted by molar-refractivity contribution is 5.93. The van der Waals surface area contributed by atoms with Gasteiger partial charge in [0.05, 0.1) is 11.2 Å². The summed E-state index contributed by atoms with van der Waals surface area (Å²) >= 11 is 0. The Morgan fingerprint density at radius 3 is 2.65 bits per heavy atom. The first-order chi connectivity index (χ1) is 12.7. The summed E-state index contributed by atoms with van der Waals surface area (Å²) in [6.45, 7) is 3.82. The van der Waals surface area contributed by atoms with Crippen molar-refractivity contribution in [2.75, 3.05) is 18.4 Å². The van der Waals surface area contributed by atoms with E-state index in [-0.39, 0.29) is 5.91 Å². The predicted molar refractivity (Wildman–Crippen MR) is 101 cm³/mol. The number of likely N-dealkylation sites (tertiary alicyclic amines) is 1. The van der Waals surface area contributed by atoms with Crippen LogP contribution in [0.4, 0.5) is 11.5 Å². The molecule has 3 aromatic rings. The second kappa shape index (κ2) is 7.07. The van der Waals surface area contributed by atoms with E-state index < -0.39 is 0 Å². The van der Waals surface area contributed by atoms with Crippen molar-refractivity contribution in [1.82, 2.24) is 20.1 Å². The molecule has 1 fully saturated rings. The zero-order valence-corrected chi connectivity index (χ0v) is 14.7. The predicted octanol–water partition coefficient (Wildman–Crippen LogP) is 3.64. The van der Waals surface area contributed by atoms with E-state index in [0.717, 1.165) is 42.5 Å². The van der Waals surface area contributed by atoms with Crippen molar-refractivity contribution in [3.8, 4) is 0 Å². The topological polar surface area (TPSA) is 71.0 Å². The van der Waals surface area contributed by atoms with Crippen LogP contribution in [0.5, 0.6) is 0 Å². The molecule has 3 heterocycles. The summed E-state index contributed by atoms with van der Waals surface area (Å²) < 4.78 is 0. The number of nitrogens with zero attached hydrogens (tertiary/aromatic N) is 4. The maximum absolute atomic E-state index is 12.5. The average molecular weight is 347 g/mol. The minimum absolute atomic E-state index is 0.0391. The molecule has 1 amide bonds. The molecule has 0 atom stereocenters. The molecule has 0 unspecified atom stereocenters. The second-order valence-corrected chi connectivity index (χ2v) is 6.78. The summed E-state index contributed by atoms with van der Waals surface area (Å²) in [5.74, 6) is 1.24. The van der Waals surface area contributed by atoms with Crippen molar-refractivity contribution >= 4 is 28.3 Å². The lowest BCUT2D eigenvalue weighted by Gasteiger charge is -2.29. The molecule has 0 bridgehead atoms. The number of pyridine rings is 1. The van der Waals surface area contributed by atoms with E-state index in [1.54, 1.807) is 18.3 Å². The molecule has 4 rings (SSSR count). The van der Waals surface area contributed by atoms with Crippen LogP contribution >= 0.6 is 0 Å². The lowest BCUT2D eigenvalue weighted by molar-refractivity contribution is 0.0690. The van der Waals surface area contributed by atoms with E-state index in [1.807, 2.05) is 35.2 Å². The third kappa shape index (κ3) is 3.35. The molecule has 1 N–H and O–H groups in total. The summed E-state index contributed by atoms with van der Waals surface area (Å²) in [5, 5.41) is 12.6. The van der Waals surface area contributed by atoms with Gasteiger partial charge in [0.15, 0.2) is 11.5 Å². The number of amides is 1. The molecule has 6 nitrogen and oxygen atoms in total. The van der Waals surface area contributed by atoms with Gasteiger partial charge in [0.2, 0.25) is 0 Å². The maximum atomic E-state index is 12.5. The van der Waals surface area contributed by atoms with Gasteiger partial charge in [-0.15, -0.1) is 10.2 Å². The Morgan fingerprint density at radius 2 is 1.88 bits per heavy atom. The van der Waals surface area contributed by atoms with Gasteiger partial charge in [-0.05, 0) is 43.0 Å². The van der Waals surface area contributed by atoms with Gasteiger partial charge in [-0.1, -0.05) is 25.1 Å². The van der Waals surface area contributed by atoms with Crippen LogP contribution in [0.2, 0.25) is 0 Å². The van der Waals surface area contributed by atoms with E-state index in [4.69, 9.17) is 0 Å². The van der Waals surface area contributed by atoms with Crippen molar-refractivity contribution in [2.24, 2.45) is 5.92 Å². The molecule has 0 spiro atoms. The fraction of sp³-hybridized carbons (Fsp3) is 0.300. The molecule has 2 aromatic heterocycles. The van der Waals surface area contributed by atoms with Crippen molar-refractivity contribution < 1.29 is 4.79 Å². The number of rotatable bonds is 3. The second-order valence-electron chi connectivity index (χ2n) is 6.78. The number of hydrogen-bond acceptors (Lipinski definition) is 5. The normalized spacial score (nSPS) is 15.2. The Kier molecular flexibility index (Phi) is 4.48. The van der Waals surface area contributed by atoms with E-state index in [1.165, 1.54) is 0 Å². The fourth-order valence-corrected chi connectivity index (χ4v) is 3.23. The Labute approximate surface area is 152 Å². The van der Waals surface area contributed by atoms with Crippen LogP contribution in [0.1, 0.15) is 30.3 Å². The number of fused-ring (bicyclic) bond motifs is 1. The molecule has 1 saturated heterocycles. The molecule has 6 heteroatoms. The number of aromatic nitrogens is 3. The number of hydrogen-bond donors (Lipinski definition) is 1. The molecule has 1 aliphatic rings. The third-order valence-electron chi connectivity index (χ3n) is 4.85. The largest absolute Gasteiger partial charge is 0.337 e. The molecular weight excluding hydrogens is 326 g/mol. The van der Waals surface area contributed by atoms with Crippen LogP contribution in [-0.2, 0) is 0 Å². The van der Waals surface area contributed by atoms with Crippen LogP contribution in [0.25, 0.3) is 10.9 Å². The van der Waals surface area contributed by atoms with Crippen molar-refractivity contribution in [1.29, 1.82) is 0 Å². The molecule has 1 aliphatic heterocycles. The summed E-state index contributed by atoms with van der Waals surface area (Å²) in [6, 6.07) is 13.4. The van der Waals surface area contributed by atoms with Crippen molar-refractivity contribution in [3.05, 3.63) is 54.4 Å². The van der Waals surface area contributed by atoms with Gasteiger partial charge in [-0.2, -0.15) is 0 Å². The summed E-state index contributed by atoms with van der Waals surface area (Å²) in [7, 11) is 0. The van der Waals surface area contributed by atoms with Crippen LogP contribution in [0, 0.1) is 5.92 Å². The van der Waals surface area contributed by atoms with Gasteiger partial charge in [-0.25, -0.2) is 0 Å². The number of benzene rings is 1. The van der Waals surface area contributed by atoms with Crippen molar-refractivity contribution in [3.63, 3.8) is 0 Å². The molecular formula is C20H21N5O. The van der Waals surface area contributed by atoms with Gasteiger partial charge >= 0.3 is 0 Å². The van der Waals surface area contributed by atoms with E-state index in [0.29, 0.717) is 17.4 Å². The third-order valence-corrected chi connectivity index (χ3v) is 4.85. The maximum Gasteiger partial charge on any atom is 0.274 e. The minimum atomic E-state index is -0.0391. The van der Waals surface area contributed by atoms with Crippen LogP contribution < -0.4 is 5.32 Å². The number of nitrogens with one attached hydrogen (secondary N) is 1. The number of piperidine rings is 1. The molecule has 132 valence electrons. The van der Waals surface area contributed by atoms with Crippen LogP contribution in [0.15, 0.2) is 48.7 Å². The Bertz CT molecular complexity index is 912. The van der Waals surface area contributed by atoms with Gasteiger partial charge < -0.3 is 10.2 Å². The number of anilines is 2. The average Bonchev–Trinajstić information content (AvgIpc) is 2.69. The Hall–Kier alpha value is -3.02. The molecule has 1 aromatic carbocycles. The van der Waals surface area contributed by atoms with Gasteiger partial charge in [0.1, 0.15) is 0 Å². The summed E-state index contributed by atoms with van der Waals surface area (Å²) in [6.07, 6.45) is 3.86. The Morgan fingerprint density at radius 1 is 1.08 bits per heavy atom. The monoisotopic (exact) mass is 347 g/mol. The fourth-order valence-electron chi connectivity index (χ4n) is 3.23. The highest BCUT2D eigenvalue weighted by Crippen LogP contribution is 2.23. The van der Waals surface area contributed by atoms with Gasteiger partial charge in [0.25, 0.3) is 5.91 Å². The first kappa shape index (κ1) is 16.4. The SMILES string of the molecule is CC1CCN(C(=O)c2ccc(Nc3cccc4cccnc34)nn2)CC1. The van der Waals surface area contributed by atoms with Crippen molar-refractivity contribution in [2.45, 2.75) is 19.8 Å². The number of para-hydroxylation sites is 1. The first-order valence-corrected chi connectivity index (χ1v) is 8.94. The lowest BCUT2D eigenvalue weighted by atomic mass is 9.99. The van der Waals surface area contributed by atoms with E-state index in [2.05, 4.69) is 27.4 Å². The Balaban J connectivity index is 1.50. The lowest BCUT2D eigenvalue weighted by Crippen LogP contribution is -2.38. The number of carbonyl (C=O) groups excluding carboxylic acids is 1. The molecule has 0 radical (unpaired) electrons. The molecule has 26 heavy (non-hydrogen) atoms. The summed E-state index contributed by atoms with van der Waals surface area (Å²) in [5.41, 5.74) is 2.13. The van der Waals surface area contributed by atoms with Crippen LogP contribution in [-0.4, -0.2) is 39.1 Å². The highest BCUT2D eigenvalue weighted by atomic mass is 16.2. The first-order valence-electron chi connectivity index (χ1n) is 8.94. The van der Waals surface area contributed by atoms with E-state index >= 15 is 0 Å². The molecule has 0 saturated carbocycles. The summed E-state index contributed by atoms with van der Waals surface area (Å²) in [4.78, 5) is 18.8. The van der Waals surface area contributed by atoms with Crippen LogP contribution in [0.3, 0.4) is 0 Å². The molecule has 0 aliphatic carbocycles.